The zero-order valence-corrected chi connectivity index (χ0v) is 7.35. The van der Waals surface area contributed by atoms with E-state index >= 15 is 0 Å². The number of Topliss-reactive ketones (excluding diaryl/α,β-unsaturated/α-hetero) is 1. The molecule has 0 amide bonds. The second-order valence-corrected chi connectivity index (χ2v) is 4.39. The molecule has 2 rings (SSSR count). The van der Waals surface area contributed by atoms with Crippen LogP contribution in [0.4, 0.5) is 0 Å². The molecule has 1 nitrogen and oxygen atoms in total. The molecule has 0 bridgehead atoms. The van der Waals surface area contributed by atoms with Crippen LogP contribution in [0.2, 0.25) is 0 Å². The molecule has 0 aromatic carbocycles. The highest BCUT2D eigenvalue weighted by Gasteiger charge is 2.61. The van der Waals surface area contributed by atoms with Crippen LogP contribution in [-0.4, -0.2) is 5.78 Å². The van der Waals surface area contributed by atoms with Crippen molar-refractivity contribution >= 4 is 5.78 Å². The Morgan fingerprint density at radius 1 is 1.55 bits per heavy atom. The van der Waals surface area contributed by atoms with Gasteiger partial charge < -0.3 is 0 Å². The molecule has 0 heterocycles. The highest BCUT2D eigenvalue weighted by Crippen LogP contribution is 2.62. The lowest BCUT2D eigenvalue weighted by Gasteiger charge is -2.04. The van der Waals surface area contributed by atoms with Crippen LogP contribution in [0.25, 0.3) is 0 Å². The summed E-state index contributed by atoms with van der Waals surface area (Å²) in [5, 5.41) is 0. The van der Waals surface area contributed by atoms with E-state index in [-0.39, 0.29) is 0 Å². The van der Waals surface area contributed by atoms with Gasteiger partial charge in [-0.25, -0.2) is 0 Å². The van der Waals surface area contributed by atoms with Gasteiger partial charge in [-0.3, -0.25) is 4.79 Å². The molecule has 1 heteroatoms. The third-order valence-corrected chi connectivity index (χ3v) is 3.40. The molecule has 2 aliphatic carbocycles. The summed E-state index contributed by atoms with van der Waals surface area (Å²) in [6.45, 7) is 6.34. The molecule has 1 saturated carbocycles. The number of hydrogen-bond donors (Lipinski definition) is 0. The van der Waals surface area contributed by atoms with Gasteiger partial charge in [-0.15, -0.1) is 0 Å². The fourth-order valence-corrected chi connectivity index (χ4v) is 2.35. The first-order chi connectivity index (χ1) is 5.05. The van der Waals surface area contributed by atoms with E-state index in [1.54, 1.807) is 0 Å². The number of carbonyl (C=O) groups is 1. The van der Waals surface area contributed by atoms with Crippen LogP contribution < -0.4 is 0 Å². The summed E-state index contributed by atoms with van der Waals surface area (Å²) in [5.41, 5.74) is 1.28. The van der Waals surface area contributed by atoms with Gasteiger partial charge in [-0.2, -0.15) is 0 Å². The van der Waals surface area contributed by atoms with Crippen molar-refractivity contribution in [2.45, 2.75) is 27.2 Å². The van der Waals surface area contributed by atoms with Gasteiger partial charge in [0.25, 0.3) is 0 Å². The lowest BCUT2D eigenvalue weighted by atomic mass is 9.99. The molecule has 0 aromatic heterocycles. The van der Waals surface area contributed by atoms with E-state index in [1.165, 1.54) is 0 Å². The van der Waals surface area contributed by atoms with Gasteiger partial charge in [0, 0.05) is 5.92 Å². The van der Waals surface area contributed by atoms with Crippen LogP contribution in [0.3, 0.4) is 0 Å². The minimum atomic E-state index is 0.297. The van der Waals surface area contributed by atoms with Crippen molar-refractivity contribution in [2.75, 3.05) is 0 Å². The molecule has 1 fully saturated rings. The first kappa shape index (κ1) is 7.08. The molecular formula is C10H14O. The number of hydrogen-bond acceptors (Lipinski definition) is 1. The van der Waals surface area contributed by atoms with E-state index in [2.05, 4.69) is 19.9 Å². The number of ketones is 1. The maximum atomic E-state index is 11.5. The van der Waals surface area contributed by atoms with E-state index in [1.807, 2.05) is 6.92 Å². The molecule has 0 N–H and O–H groups in total. The van der Waals surface area contributed by atoms with Crippen molar-refractivity contribution in [1.82, 2.24) is 0 Å². The topological polar surface area (TPSA) is 17.1 Å². The predicted molar refractivity (Wildman–Crippen MR) is 44.1 cm³/mol. The Bertz CT molecular complexity index is 248. The van der Waals surface area contributed by atoms with Crippen LogP contribution in [-0.2, 0) is 4.79 Å². The summed E-state index contributed by atoms with van der Waals surface area (Å²) in [7, 11) is 0. The number of carbonyl (C=O) groups excluding carboxylic acids is 1. The minimum absolute atomic E-state index is 0.297. The molecule has 0 aliphatic heterocycles. The average Bonchev–Trinajstić information content (AvgIpc) is 2.46. The van der Waals surface area contributed by atoms with Gasteiger partial charge in [0.05, 0.1) is 0 Å². The molecule has 0 aromatic rings. The maximum Gasteiger partial charge on any atom is 0.162 e. The van der Waals surface area contributed by atoms with E-state index < -0.39 is 0 Å². The molecule has 2 aliphatic rings. The van der Waals surface area contributed by atoms with Crippen molar-refractivity contribution in [2.24, 2.45) is 17.3 Å². The lowest BCUT2D eigenvalue weighted by molar-refractivity contribution is -0.117. The zero-order chi connectivity index (χ0) is 8.22. The van der Waals surface area contributed by atoms with E-state index in [0.29, 0.717) is 23.0 Å². The average molecular weight is 150 g/mol. The monoisotopic (exact) mass is 150 g/mol. The van der Waals surface area contributed by atoms with E-state index in [0.717, 1.165) is 12.0 Å². The molecule has 0 saturated heterocycles. The Labute approximate surface area is 67.5 Å². The van der Waals surface area contributed by atoms with Crippen LogP contribution >= 0.6 is 0 Å². The second kappa shape index (κ2) is 1.77. The number of rotatable bonds is 0. The molecular weight excluding hydrogens is 136 g/mol. The number of allylic oxidation sites excluding steroid dienone is 2. The van der Waals surface area contributed by atoms with Gasteiger partial charge in [-0.1, -0.05) is 19.9 Å². The molecule has 60 valence electrons. The highest BCUT2D eigenvalue weighted by atomic mass is 16.1. The summed E-state index contributed by atoms with van der Waals surface area (Å²) in [5.74, 6) is 1.40. The third kappa shape index (κ3) is 0.741. The third-order valence-electron chi connectivity index (χ3n) is 3.40. The van der Waals surface area contributed by atoms with Gasteiger partial charge in [0.15, 0.2) is 5.78 Å². The molecule has 1 unspecified atom stereocenters. The standard InChI is InChI=1S/C10H14O/c1-6-4-5-7-8(9(6)11)10(7,2)3/h4,7-8H,5H2,1-3H3/t7?,8-/m0/s1. The summed E-state index contributed by atoms with van der Waals surface area (Å²) in [6.07, 6.45) is 3.22. The molecule has 11 heavy (non-hydrogen) atoms. The smallest absolute Gasteiger partial charge is 0.162 e. The molecule has 0 radical (unpaired) electrons. The molecule has 2 atom stereocenters. The van der Waals surface area contributed by atoms with Gasteiger partial charge in [0.2, 0.25) is 0 Å². The fraction of sp³-hybridized carbons (Fsp3) is 0.700. The Hall–Kier alpha value is -0.590. The van der Waals surface area contributed by atoms with Crippen molar-refractivity contribution in [3.05, 3.63) is 11.6 Å². The maximum absolute atomic E-state index is 11.5. The minimum Gasteiger partial charge on any atom is -0.294 e. The predicted octanol–water partition coefficient (Wildman–Crippen LogP) is 2.18. The van der Waals surface area contributed by atoms with Gasteiger partial charge >= 0.3 is 0 Å². The fourth-order valence-electron chi connectivity index (χ4n) is 2.35. The second-order valence-electron chi connectivity index (χ2n) is 4.39. The SMILES string of the molecule is CC1=CCC2[C@@H](C1=O)C2(C)C. The largest absolute Gasteiger partial charge is 0.294 e. The van der Waals surface area contributed by atoms with E-state index in [4.69, 9.17) is 0 Å². The van der Waals surface area contributed by atoms with Crippen LogP contribution in [0.5, 0.6) is 0 Å². The van der Waals surface area contributed by atoms with Crippen LogP contribution in [0.15, 0.2) is 11.6 Å². The van der Waals surface area contributed by atoms with Gasteiger partial charge in [0.1, 0.15) is 0 Å². The van der Waals surface area contributed by atoms with Crippen molar-refractivity contribution in [3.8, 4) is 0 Å². The van der Waals surface area contributed by atoms with Crippen molar-refractivity contribution < 1.29 is 4.79 Å². The van der Waals surface area contributed by atoms with Crippen molar-refractivity contribution in [3.63, 3.8) is 0 Å². The normalized spacial score (nSPS) is 39.5. The van der Waals surface area contributed by atoms with Crippen molar-refractivity contribution in [1.29, 1.82) is 0 Å². The van der Waals surface area contributed by atoms with Crippen LogP contribution in [0, 0.1) is 17.3 Å². The first-order valence-electron chi connectivity index (χ1n) is 4.26. The Morgan fingerprint density at radius 2 is 2.18 bits per heavy atom. The van der Waals surface area contributed by atoms with E-state index in [9.17, 15) is 4.79 Å². The summed E-state index contributed by atoms with van der Waals surface area (Å²) in [4.78, 5) is 11.5. The molecule has 0 spiro atoms. The zero-order valence-electron chi connectivity index (χ0n) is 7.35. The Balaban J connectivity index is 2.29. The Morgan fingerprint density at radius 3 is 2.73 bits per heavy atom. The first-order valence-corrected chi connectivity index (χ1v) is 4.26. The quantitative estimate of drug-likeness (QED) is 0.517. The van der Waals surface area contributed by atoms with Crippen LogP contribution in [0.1, 0.15) is 27.2 Å². The summed E-state index contributed by atoms with van der Waals surface area (Å²) in [6, 6.07) is 0. The summed E-state index contributed by atoms with van der Waals surface area (Å²) >= 11 is 0. The Kier molecular flexibility index (Phi) is 1.14. The highest BCUT2D eigenvalue weighted by molar-refractivity contribution is 6.00. The van der Waals surface area contributed by atoms with Gasteiger partial charge in [-0.05, 0) is 30.3 Å². The summed E-state index contributed by atoms with van der Waals surface area (Å²) < 4.78 is 0. The lowest BCUT2D eigenvalue weighted by Crippen LogP contribution is -2.09. The number of fused-ring (bicyclic) bond motifs is 1.